The lowest BCUT2D eigenvalue weighted by molar-refractivity contribution is 0.193. The van der Waals surface area contributed by atoms with Gasteiger partial charge in [0.05, 0.1) is 6.04 Å². The van der Waals surface area contributed by atoms with Gasteiger partial charge in [-0.15, -0.1) is 0 Å². The quantitative estimate of drug-likeness (QED) is 0.604. The van der Waals surface area contributed by atoms with Crippen LogP contribution < -0.4 is 0 Å². The zero-order valence-electron chi connectivity index (χ0n) is 9.23. The van der Waals surface area contributed by atoms with Gasteiger partial charge in [-0.25, -0.2) is 4.79 Å². The average molecular weight is 197 g/mol. The molecule has 0 aromatic heterocycles. The number of nitrogens with zero attached hydrogens (tertiary/aromatic N) is 3. The number of carbonyl (C=O) groups is 1. The molecule has 0 aromatic rings. The minimum absolute atomic E-state index is 0.171. The van der Waals surface area contributed by atoms with Gasteiger partial charge in [-0.05, 0) is 25.9 Å². The van der Waals surface area contributed by atoms with E-state index in [1.54, 1.807) is 0 Å². The molecule has 4 heteroatoms. The van der Waals surface area contributed by atoms with Crippen molar-refractivity contribution in [3.8, 4) is 0 Å². The van der Waals surface area contributed by atoms with Gasteiger partial charge in [-0.2, -0.15) is 0 Å². The van der Waals surface area contributed by atoms with Crippen molar-refractivity contribution in [3.63, 3.8) is 0 Å². The van der Waals surface area contributed by atoms with E-state index < -0.39 is 0 Å². The first-order valence-corrected chi connectivity index (χ1v) is 5.26. The SMILES string of the molecule is CN1CCC(C2CN(C)C(=O)N2C)C1. The predicted molar refractivity (Wildman–Crippen MR) is 55.2 cm³/mol. The zero-order chi connectivity index (χ0) is 10.3. The first kappa shape index (κ1) is 9.77. The fourth-order valence-electron chi connectivity index (χ4n) is 2.64. The lowest BCUT2D eigenvalue weighted by Crippen LogP contribution is -2.37. The van der Waals surface area contributed by atoms with Crippen molar-refractivity contribution in [2.24, 2.45) is 5.92 Å². The molecule has 2 aliphatic rings. The number of hydrogen-bond acceptors (Lipinski definition) is 2. The van der Waals surface area contributed by atoms with E-state index in [2.05, 4.69) is 11.9 Å². The third-order valence-corrected chi connectivity index (χ3v) is 3.56. The molecular weight excluding hydrogens is 178 g/mol. The maximum atomic E-state index is 11.6. The molecule has 2 aliphatic heterocycles. The summed E-state index contributed by atoms with van der Waals surface area (Å²) in [7, 11) is 5.97. The monoisotopic (exact) mass is 197 g/mol. The summed E-state index contributed by atoms with van der Waals surface area (Å²) in [5, 5.41) is 0. The van der Waals surface area contributed by atoms with Gasteiger partial charge in [0.2, 0.25) is 0 Å². The molecule has 0 saturated carbocycles. The Hall–Kier alpha value is -0.770. The van der Waals surface area contributed by atoms with E-state index >= 15 is 0 Å². The van der Waals surface area contributed by atoms with Crippen LogP contribution in [0.5, 0.6) is 0 Å². The highest BCUT2D eigenvalue weighted by molar-refractivity contribution is 5.76. The summed E-state index contributed by atoms with van der Waals surface area (Å²) in [4.78, 5) is 17.7. The van der Waals surface area contributed by atoms with Gasteiger partial charge in [0.1, 0.15) is 0 Å². The molecule has 2 unspecified atom stereocenters. The van der Waals surface area contributed by atoms with Gasteiger partial charge >= 0.3 is 6.03 Å². The van der Waals surface area contributed by atoms with Crippen LogP contribution in [0, 0.1) is 5.92 Å². The fourth-order valence-corrected chi connectivity index (χ4v) is 2.64. The summed E-state index contributed by atoms with van der Waals surface area (Å²) in [6.07, 6.45) is 1.23. The number of carbonyl (C=O) groups excluding carboxylic acids is 1. The molecule has 2 atom stereocenters. The van der Waals surface area contributed by atoms with Gasteiger partial charge in [0.15, 0.2) is 0 Å². The summed E-state index contributed by atoms with van der Waals surface area (Å²) in [5.74, 6) is 0.666. The smallest absolute Gasteiger partial charge is 0.319 e. The van der Waals surface area contributed by atoms with Crippen molar-refractivity contribution in [2.45, 2.75) is 12.5 Å². The van der Waals surface area contributed by atoms with E-state index in [1.165, 1.54) is 13.0 Å². The van der Waals surface area contributed by atoms with Crippen LogP contribution in [-0.4, -0.2) is 67.5 Å². The van der Waals surface area contributed by atoms with Crippen LogP contribution in [0.25, 0.3) is 0 Å². The van der Waals surface area contributed by atoms with Crippen LogP contribution in [0.4, 0.5) is 4.79 Å². The molecule has 0 aliphatic carbocycles. The van der Waals surface area contributed by atoms with Crippen LogP contribution in [0.15, 0.2) is 0 Å². The fraction of sp³-hybridized carbons (Fsp3) is 0.900. The van der Waals surface area contributed by atoms with Gasteiger partial charge in [0, 0.05) is 27.2 Å². The third kappa shape index (κ3) is 1.47. The third-order valence-electron chi connectivity index (χ3n) is 3.56. The van der Waals surface area contributed by atoms with Crippen LogP contribution in [0.3, 0.4) is 0 Å². The van der Waals surface area contributed by atoms with E-state index in [9.17, 15) is 4.79 Å². The Labute approximate surface area is 85.5 Å². The topological polar surface area (TPSA) is 26.8 Å². The lowest BCUT2D eigenvalue weighted by Gasteiger charge is -2.23. The second kappa shape index (κ2) is 3.42. The van der Waals surface area contributed by atoms with Crippen LogP contribution in [0.1, 0.15) is 6.42 Å². The molecule has 2 rings (SSSR count). The summed E-state index contributed by atoms with van der Waals surface area (Å²) in [6.45, 7) is 3.21. The largest absolute Gasteiger partial charge is 0.326 e. The first-order valence-electron chi connectivity index (χ1n) is 5.26. The molecule has 2 heterocycles. The number of rotatable bonds is 1. The molecule has 0 radical (unpaired) electrons. The molecule has 0 bridgehead atoms. The lowest BCUT2D eigenvalue weighted by atomic mass is 9.99. The highest BCUT2D eigenvalue weighted by Gasteiger charge is 2.39. The van der Waals surface area contributed by atoms with E-state index in [0.717, 1.165) is 13.1 Å². The van der Waals surface area contributed by atoms with E-state index in [0.29, 0.717) is 12.0 Å². The van der Waals surface area contributed by atoms with Crippen molar-refractivity contribution in [1.82, 2.24) is 14.7 Å². The van der Waals surface area contributed by atoms with Crippen molar-refractivity contribution in [1.29, 1.82) is 0 Å². The van der Waals surface area contributed by atoms with Gasteiger partial charge in [-0.1, -0.05) is 0 Å². The highest BCUT2D eigenvalue weighted by Crippen LogP contribution is 2.26. The normalized spacial score (nSPS) is 34.6. The molecule has 14 heavy (non-hydrogen) atoms. The van der Waals surface area contributed by atoms with Gasteiger partial charge in [0.25, 0.3) is 0 Å². The second-order valence-electron chi connectivity index (χ2n) is 4.65. The highest BCUT2D eigenvalue weighted by atomic mass is 16.2. The Kier molecular flexibility index (Phi) is 2.39. The summed E-state index contributed by atoms with van der Waals surface area (Å²) in [5.41, 5.74) is 0. The van der Waals surface area contributed by atoms with E-state index in [1.807, 2.05) is 23.9 Å². The van der Waals surface area contributed by atoms with Crippen LogP contribution >= 0.6 is 0 Å². The Bertz CT molecular complexity index is 244. The minimum Gasteiger partial charge on any atom is -0.326 e. The Morgan fingerprint density at radius 1 is 1.21 bits per heavy atom. The van der Waals surface area contributed by atoms with E-state index in [-0.39, 0.29) is 6.03 Å². The standard InChI is InChI=1S/C10H19N3O/c1-11-5-4-8(6-11)9-7-12(2)10(14)13(9)3/h8-9H,4-7H2,1-3H3. The molecule has 2 fully saturated rings. The summed E-state index contributed by atoms with van der Waals surface area (Å²) >= 11 is 0. The molecule has 0 spiro atoms. The number of amides is 2. The maximum absolute atomic E-state index is 11.6. The molecule has 2 saturated heterocycles. The average Bonchev–Trinajstić information content (AvgIpc) is 2.66. The van der Waals surface area contributed by atoms with Gasteiger partial charge in [-0.3, -0.25) is 0 Å². The molecule has 80 valence electrons. The second-order valence-corrected chi connectivity index (χ2v) is 4.65. The number of likely N-dealkylation sites (N-methyl/N-ethyl adjacent to an activating group) is 2. The maximum Gasteiger partial charge on any atom is 0.319 e. The molecule has 2 amide bonds. The summed E-state index contributed by atoms with van der Waals surface area (Å²) in [6, 6.07) is 0.599. The molecule has 0 N–H and O–H groups in total. The molecular formula is C10H19N3O. The molecule has 0 aromatic carbocycles. The Morgan fingerprint density at radius 2 is 1.93 bits per heavy atom. The summed E-state index contributed by atoms with van der Waals surface area (Å²) < 4.78 is 0. The van der Waals surface area contributed by atoms with Crippen LogP contribution in [-0.2, 0) is 0 Å². The Balaban J connectivity index is 2.02. The molecule has 4 nitrogen and oxygen atoms in total. The van der Waals surface area contributed by atoms with Crippen molar-refractivity contribution in [3.05, 3.63) is 0 Å². The van der Waals surface area contributed by atoms with Crippen molar-refractivity contribution < 1.29 is 4.79 Å². The van der Waals surface area contributed by atoms with Crippen molar-refractivity contribution >= 4 is 6.03 Å². The predicted octanol–water partition coefficient (Wildman–Crippen LogP) is 0.304. The van der Waals surface area contributed by atoms with Crippen molar-refractivity contribution in [2.75, 3.05) is 40.8 Å². The Morgan fingerprint density at radius 3 is 2.36 bits per heavy atom. The van der Waals surface area contributed by atoms with Gasteiger partial charge < -0.3 is 14.7 Å². The number of hydrogen-bond donors (Lipinski definition) is 0. The van der Waals surface area contributed by atoms with E-state index in [4.69, 9.17) is 0 Å². The number of urea groups is 1. The van der Waals surface area contributed by atoms with Crippen LogP contribution in [0.2, 0.25) is 0 Å². The number of likely N-dealkylation sites (tertiary alicyclic amines) is 1. The zero-order valence-corrected chi connectivity index (χ0v) is 9.23. The minimum atomic E-state index is 0.171. The first-order chi connectivity index (χ1) is 6.59.